The van der Waals surface area contributed by atoms with Gasteiger partial charge in [-0.3, -0.25) is 23.7 Å². The van der Waals surface area contributed by atoms with E-state index in [2.05, 4.69) is 63.0 Å². The van der Waals surface area contributed by atoms with Crippen LogP contribution in [0.3, 0.4) is 0 Å². The van der Waals surface area contributed by atoms with E-state index in [9.17, 15) is 9.59 Å². The molecule has 2 aliphatic rings. The molecule has 0 atom stereocenters. The Bertz CT molecular complexity index is 2140. The molecular formula is C33H35N11O2. The van der Waals surface area contributed by atoms with Crippen molar-refractivity contribution in [3.8, 4) is 22.4 Å². The lowest BCUT2D eigenvalue weighted by Crippen LogP contribution is -2.59. The molecule has 1 aliphatic heterocycles. The summed E-state index contributed by atoms with van der Waals surface area (Å²) in [5.74, 6) is -0.0672. The van der Waals surface area contributed by atoms with Gasteiger partial charge in [0.2, 0.25) is 5.91 Å². The second-order valence-corrected chi connectivity index (χ2v) is 12.7. The molecular weight excluding hydrogens is 582 g/mol. The fourth-order valence-corrected chi connectivity index (χ4v) is 6.88. The van der Waals surface area contributed by atoms with Crippen LogP contribution < -0.4 is 15.5 Å². The molecule has 0 radical (unpaired) electrons. The Labute approximate surface area is 264 Å². The van der Waals surface area contributed by atoms with Crippen molar-refractivity contribution >= 4 is 39.6 Å². The third-order valence-electron chi connectivity index (χ3n) is 9.08. The molecule has 8 rings (SSSR count). The number of carbonyl (C=O) groups excluding carboxylic acids is 2. The number of fused-ring (bicyclic) bond motifs is 4. The third-order valence-corrected chi connectivity index (χ3v) is 9.08. The Balaban J connectivity index is 1.20. The quantitative estimate of drug-likeness (QED) is 0.245. The lowest BCUT2D eigenvalue weighted by atomic mass is 9.84. The average molecular weight is 618 g/mol. The topological polar surface area (TPSA) is 144 Å². The zero-order chi connectivity index (χ0) is 31.7. The normalized spacial score (nSPS) is 17.8. The Morgan fingerprint density at radius 2 is 1.91 bits per heavy atom. The van der Waals surface area contributed by atoms with Crippen molar-refractivity contribution in [1.82, 2.24) is 49.9 Å². The molecule has 1 fully saturated rings. The van der Waals surface area contributed by atoms with Crippen molar-refractivity contribution in [3.63, 3.8) is 0 Å². The summed E-state index contributed by atoms with van der Waals surface area (Å²) < 4.78 is 5.49. The summed E-state index contributed by atoms with van der Waals surface area (Å²) in [6.45, 7) is 4.63. The lowest BCUT2D eigenvalue weighted by molar-refractivity contribution is -0.121. The van der Waals surface area contributed by atoms with Gasteiger partial charge in [-0.05, 0) is 50.5 Å². The molecule has 6 aromatic rings. The van der Waals surface area contributed by atoms with E-state index in [0.717, 1.165) is 55.6 Å². The van der Waals surface area contributed by atoms with Crippen molar-refractivity contribution in [3.05, 3.63) is 66.5 Å². The van der Waals surface area contributed by atoms with Gasteiger partial charge in [0.1, 0.15) is 5.65 Å². The van der Waals surface area contributed by atoms with E-state index in [-0.39, 0.29) is 36.5 Å². The summed E-state index contributed by atoms with van der Waals surface area (Å²) in [5.41, 5.74) is 8.07. The lowest BCUT2D eigenvalue weighted by Gasteiger charge is -2.45. The Morgan fingerprint density at radius 3 is 2.65 bits per heavy atom. The number of H-pyrrole nitrogens is 1. The second-order valence-electron chi connectivity index (χ2n) is 12.7. The van der Waals surface area contributed by atoms with Crippen molar-refractivity contribution in [2.45, 2.75) is 57.8 Å². The number of anilines is 1. The number of rotatable bonds is 7. The Morgan fingerprint density at radius 1 is 1.07 bits per heavy atom. The van der Waals surface area contributed by atoms with Gasteiger partial charge in [-0.2, -0.15) is 15.3 Å². The maximum atomic E-state index is 13.6. The monoisotopic (exact) mass is 617 g/mol. The Hall–Kier alpha value is -5.46. The molecule has 1 saturated carbocycles. The molecule has 46 heavy (non-hydrogen) atoms. The molecule has 0 bridgehead atoms. The molecule has 1 aromatic carbocycles. The molecule has 234 valence electrons. The summed E-state index contributed by atoms with van der Waals surface area (Å²) in [6, 6.07) is 8.22. The molecule has 13 heteroatoms. The zero-order valence-electron chi connectivity index (χ0n) is 26.2. The van der Waals surface area contributed by atoms with E-state index < -0.39 is 0 Å². The summed E-state index contributed by atoms with van der Waals surface area (Å²) in [6.07, 6.45) is 10.9. The van der Waals surface area contributed by atoms with Crippen LogP contribution in [-0.4, -0.2) is 63.3 Å². The molecule has 0 unspecified atom stereocenters. The van der Waals surface area contributed by atoms with E-state index in [4.69, 9.17) is 4.98 Å². The highest BCUT2D eigenvalue weighted by atomic mass is 16.2. The number of nitrogens with one attached hydrogen (secondary N) is 3. The number of aryl methyl sites for hydroxylation is 2. The van der Waals surface area contributed by atoms with Gasteiger partial charge in [0.15, 0.2) is 0 Å². The van der Waals surface area contributed by atoms with Crippen molar-refractivity contribution < 1.29 is 9.59 Å². The van der Waals surface area contributed by atoms with Crippen LogP contribution in [0.1, 0.15) is 44.0 Å². The van der Waals surface area contributed by atoms with E-state index >= 15 is 0 Å². The predicted molar refractivity (Wildman–Crippen MR) is 174 cm³/mol. The number of nitrogens with zero attached hydrogens (tertiary/aromatic N) is 8. The highest BCUT2D eigenvalue weighted by Gasteiger charge is 2.41. The van der Waals surface area contributed by atoms with E-state index in [1.165, 1.54) is 0 Å². The van der Waals surface area contributed by atoms with Crippen LogP contribution >= 0.6 is 0 Å². The van der Waals surface area contributed by atoms with E-state index in [0.29, 0.717) is 25.0 Å². The van der Waals surface area contributed by atoms with Gasteiger partial charge in [-0.15, -0.1) is 0 Å². The average Bonchev–Trinajstić information content (AvgIpc) is 3.80. The number of aromatic amines is 1. The van der Waals surface area contributed by atoms with Gasteiger partial charge in [-0.25, -0.2) is 9.78 Å². The Kier molecular flexibility index (Phi) is 6.44. The SMILES string of the molecule is CC(C)n1ncc2cc(-c3c(-c4cnn(C)c4)[nH]c4ncc5c(c34)N(C3CC(NC(=O)Cc4ccn(C)n4)C3)C(=O)NC5)ccc21. The first-order valence-electron chi connectivity index (χ1n) is 15.6. The number of hydrogen-bond donors (Lipinski definition) is 3. The van der Waals surface area contributed by atoms with Crippen LogP contribution in [-0.2, 0) is 31.9 Å². The molecule has 3 N–H and O–H groups in total. The number of hydrogen-bond acceptors (Lipinski definition) is 6. The maximum absolute atomic E-state index is 13.6. The van der Waals surface area contributed by atoms with Crippen molar-refractivity contribution in [1.29, 1.82) is 0 Å². The maximum Gasteiger partial charge on any atom is 0.322 e. The third kappa shape index (κ3) is 4.61. The largest absolute Gasteiger partial charge is 0.353 e. The minimum Gasteiger partial charge on any atom is -0.353 e. The predicted octanol–water partition coefficient (Wildman–Crippen LogP) is 4.21. The van der Waals surface area contributed by atoms with Crippen LogP contribution in [0, 0.1) is 0 Å². The number of aromatic nitrogens is 8. The molecule has 6 heterocycles. The standard InChI is InChI=1S/C33H35N11O2/c1-18(2)44-26-6-5-19(9-20(26)15-37-44)28-29-31-21(13-34-32(29)39-30(28)22-16-36-42(4)17-22)14-35-33(46)43(31)25-10-24(11-25)38-27(45)12-23-7-8-41(3)40-23/h5-9,13,15-18,24-25H,10-12,14H2,1-4H3,(H,34,39)(H,35,46)(H,38,45). The van der Waals surface area contributed by atoms with Crippen LogP contribution in [0.2, 0.25) is 0 Å². The fourth-order valence-electron chi connectivity index (χ4n) is 6.88. The second kappa shape index (κ2) is 10.6. The number of urea groups is 1. The van der Waals surface area contributed by atoms with E-state index in [1.807, 2.05) is 60.7 Å². The first-order valence-corrected chi connectivity index (χ1v) is 15.6. The number of amides is 3. The van der Waals surface area contributed by atoms with Crippen LogP contribution in [0.4, 0.5) is 10.5 Å². The first kappa shape index (κ1) is 28.0. The van der Waals surface area contributed by atoms with Gasteiger partial charge in [0.05, 0.1) is 46.8 Å². The van der Waals surface area contributed by atoms with Crippen molar-refractivity contribution in [2.24, 2.45) is 14.1 Å². The number of benzene rings is 1. The molecule has 3 amide bonds. The minimum absolute atomic E-state index is 0.0201. The number of carbonyl (C=O) groups is 2. The van der Waals surface area contributed by atoms with Gasteiger partial charge in [0, 0.05) is 79.4 Å². The minimum atomic E-state index is -0.146. The van der Waals surface area contributed by atoms with Crippen LogP contribution in [0.25, 0.3) is 44.3 Å². The van der Waals surface area contributed by atoms with Gasteiger partial charge >= 0.3 is 6.03 Å². The van der Waals surface area contributed by atoms with Gasteiger partial charge in [0.25, 0.3) is 0 Å². The highest BCUT2D eigenvalue weighted by Crippen LogP contribution is 2.46. The number of pyridine rings is 1. The van der Waals surface area contributed by atoms with Gasteiger partial charge < -0.3 is 15.6 Å². The van der Waals surface area contributed by atoms with Gasteiger partial charge in [-0.1, -0.05) is 6.07 Å². The molecule has 13 nitrogen and oxygen atoms in total. The van der Waals surface area contributed by atoms with Crippen molar-refractivity contribution in [2.75, 3.05) is 4.90 Å². The van der Waals surface area contributed by atoms with Crippen LogP contribution in [0.5, 0.6) is 0 Å². The molecule has 5 aromatic heterocycles. The summed E-state index contributed by atoms with van der Waals surface area (Å²) in [5, 5.41) is 21.5. The zero-order valence-corrected chi connectivity index (χ0v) is 26.2. The van der Waals surface area contributed by atoms with E-state index in [1.54, 1.807) is 9.36 Å². The summed E-state index contributed by atoms with van der Waals surface area (Å²) >= 11 is 0. The molecule has 0 saturated heterocycles. The summed E-state index contributed by atoms with van der Waals surface area (Å²) in [4.78, 5) is 36.7. The first-order chi connectivity index (χ1) is 22.2. The smallest absolute Gasteiger partial charge is 0.322 e. The molecule has 0 spiro atoms. The van der Waals surface area contributed by atoms with Crippen LogP contribution in [0.15, 0.2) is 55.2 Å². The highest BCUT2D eigenvalue weighted by molar-refractivity contribution is 6.14. The summed E-state index contributed by atoms with van der Waals surface area (Å²) in [7, 11) is 3.73. The fraction of sp³-hybridized carbons (Fsp3) is 0.333. The molecule has 1 aliphatic carbocycles.